The van der Waals surface area contributed by atoms with E-state index >= 15 is 0 Å². The Kier molecular flexibility index (Phi) is 6.75. The van der Waals surface area contributed by atoms with Gasteiger partial charge in [0.05, 0.1) is 5.56 Å². The predicted molar refractivity (Wildman–Crippen MR) is 80.1 cm³/mol. The van der Waals surface area contributed by atoms with Crippen molar-refractivity contribution < 1.29 is 27.6 Å². The molecule has 132 valence electrons. The zero-order valence-corrected chi connectivity index (χ0v) is 13.2. The van der Waals surface area contributed by atoms with E-state index in [9.17, 15) is 27.6 Å². The van der Waals surface area contributed by atoms with Crippen molar-refractivity contribution in [3.8, 4) is 0 Å². The number of nitrogens with one attached hydrogen (secondary N) is 3. The minimum Gasteiger partial charge on any atom is -0.353 e. The van der Waals surface area contributed by atoms with Crippen LogP contribution in [0.5, 0.6) is 0 Å². The lowest BCUT2D eigenvalue weighted by molar-refractivity contribution is -0.137. The molecule has 24 heavy (non-hydrogen) atoms. The minimum absolute atomic E-state index is 0.0842. The average Bonchev–Trinajstić information content (AvgIpc) is 2.49. The van der Waals surface area contributed by atoms with Gasteiger partial charge < -0.3 is 16.0 Å². The van der Waals surface area contributed by atoms with Crippen LogP contribution in [0.2, 0.25) is 0 Å². The molecule has 0 fully saturated rings. The predicted octanol–water partition coefficient (Wildman–Crippen LogP) is 1.08. The number of carbonyl (C=O) groups is 3. The number of hydrogen-bond donors (Lipinski definition) is 3. The summed E-state index contributed by atoms with van der Waals surface area (Å²) in [5.41, 5.74) is -0.751. The number of amides is 3. The molecule has 0 aliphatic rings. The molecule has 0 saturated heterocycles. The van der Waals surface area contributed by atoms with Crippen molar-refractivity contribution in [1.29, 1.82) is 0 Å². The fourth-order valence-electron chi connectivity index (χ4n) is 1.80. The molecule has 1 aromatic carbocycles. The van der Waals surface area contributed by atoms with E-state index in [1.165, 1.54) is 13.8 Å². The van der Waals surface area contributed by atoms with Crippen molar-refractivity contribution in [3.05, 3.63) is 35.4 Å². The van der Waals surface area contributed by atoms with Crippen molar-refractivity contribution in [2.75, 3.05) is 13.1 Å². The van der Waals surface area contributed by atoms with E-state index < -0.39 is 29.6 Å². The SMILES string of the molecule is CC(=O)N[C@@H](C)C(=O)NCCNC(=O)c1ccc(C(F)(F)F)cc1. The fourth-order valence-corrected chi connectivity index (χ4v) is 1.80. The number of carbonyl (C=O) groups excluding carboxylic acids is 3. The lowest BCUT2D eigenvalue weighted by Crippen LogP contribution is -2.46. The topological polar surface area (TPSA) is 87.3 Å². The van der Waals surface area contributed by atoms with Gasteiger partial charge in [-0.2, -0.15) is 13.2 Å². The van der Waals surface area contributed by atoms with Gasteiger partial charge in [-0.15, -0.1) is 0 Å². The molecule has 6 nitrogen and oxygen atoms in total. The van der Waals surface area contributed by atoms with Gasteiger partial charge in [-0.05, 0) is 31.2 Å². The van der Waals surface area contributed by atoms with Crippen LogP contribution < -0.4 is 16.0 Å². The third-order valence-electron chi connectivity index (χ3n) is 3.00. The monoisotopic (exact) mass is 345 g/mol. The van der Waals surface area contributed by atoms with Gasteiger partial charge in [0.15, 0.2) is 0 Å². The Labute approximate surface area is 136 Å². The largest absolute Gasteiger partial charge is 0.416 e. The average molecular weight is 345 g/mol. The molecule has 1 atom stereocenters. The Morgan fingerprint density at radius 3 is 2.08 bits per heavy atom. The van der Waals surface area contributed by atoms with E-state index in [4.69, 9.17) is 0 Å². The maximum Gasteiger partial charge on any atom is 0.416 e. The van der Waals surface area contributed by atoms with Crippen molar-refractivity contribution in [2.24, 2.45) is 0 Å². The van der Waals surface area contributed by atoms with Gasteiger partial charge in [-0.1, -0.05) is 0 Å². The van der Waals surface area contributed by atoms with Crippen LogP contribution >= 0.6 is 0 Å². The molecule has 0 heterocycles. The minimum atomic E-state index is -4.45. The molecular weight excluding hydrogens is 327 g/mol. The first kappa shape index (κ1) is 19.5. The Morgan fingerprint density at radius 2 is 1.58 bits per heavy atom. The first-order valence-electron chi connectivity index (χ1n) is 7.11. The van der Waals surface area contributed by atoms with Crippen LogP contribution in [-0.4, -0.2) is 36.9 Å². The van der Waals surface area contributed by atoms with Crippen LogP contribution in [0.3, 0.4) is 0 Å². The Morgan fingerprint density at radius 1 is 1.04 bits per heavy atom. The summed E-state index contributed by atoms with van der Waals surface area (Å²) in [6.07, 6.45) is -4.45. The highest BCUT2D eigenvalue weighted by Gasteiger charge is 2.30. The second-order valence-electron chi connectivity index (χ2n) is 5.04. The standard InChI is InChI=1S/C15H18F3N3O3/c1-9(21-10(2)22)13(23)19-7-8-20-14(24)11-3-5-12(6-4-11)15(16,17)18/h3-6,9H,7-8H2,1-2H3,(H,19,23)(H,20,24)(H,21,22)/t9-/m0/s1. The van der Waals surface area contributed by atoms with Crippen LogP contribution in [0.25, 0.3) is 0 Å². The summed E-state index contributed by atoms with van der Waals surface area (Å²) >= 11 is 0. The number of benzene rings is 1. The Hall–Kier alpha value is -2.58. The van der Waals surface area contributed by atoms with Crippen LogP contribution in [0.15, 0.2) is 24.3 Å². The molecule has 0 bridgehead atoms. The van der Waals surface area contributed by atoms with E-state index in [2.05, 4.69) is 16.0 Å². The molecule has 0 aliphatic heterocycles. The highest BCUT2D eigenvalue weighted by atomic mass is 19.4. The lowest BCUT2D eigenvalue weighted by Gasteiger charge is -2.13. The van der Waals surface area contributed by atoms with Crippen molar-refractivity contribution in [3.63, 3.8) is 0 Å². The van der Waals surface area contributed by atoms with Gasteiger partial charge in [-0.25, -0.2) is 0 Å². The molecule has 1 rings (SSSR count). The molecule has 3 amide bonds. The van der Waals surface area contributed by atoms with Gasteiger partial charge in [0.2, 0.25) is 11.8 Å². The lowest BCUT2D eigenvalue weighted by atomic mass is 10.1. The molecule has 0 unspecified atom stereocenters. The summed E-state index contributed by atoms with van der Waals surface area (Å²) in [6, 6.07) is 3.11. The van der Waals surface area contributed by atoms with E-state index in [0.29, 0.717) is 0 Å². The molecule has 9 heteroatoms. The number of hydrogen-bond acceptors (Lipinski definition) is 3. The van der Waals surface area contributed by atoms with Gasteiger partial charge >= 0.3 is 6.18 Å². The molecule has 0 saturated carbocycles. The molecule has 0 radical (unpaired) electrons. The van der Waals surface area contributed by atoms with E-state index in [1.807, 2.05) is 0 Å². The second-order valence-corrected chi connectivity index (χ2v) is 5.04. The molecule has 0 spiro atoms. The molecule has 3 N–H and O–H groups in total. The normalized spacial score (nSPS) is 12.2. The summed E-state index contributed by atoms with van der Waals surface area (Å²) in [7, 11) is 0. The Balaban J connectivity index is 2.39. The molecule has 0 aliphatic carbocycles. The third kappa shape index (κ3) is 6.27. The van der Waals surface area contributed by atoms with Gasteiger partial charge in [0, 0.05) is 25.6 Å². The highest BCUT2D eigenvalue weighted by molar-refractivity contribution is 5.94. The molecule has 1 aromatic rings. The zero-order chi connectivity index (χ0) is 18.3. The fraction of sp³-hybridized carbons (Fsp3) is 0.400. The smallest absolute Gasteiger partial charge is 0.353 e. The highest BCUT2D eigenvalue weighted by Crippen LogP contribution is 2.28. The van der Waals surface area contributed by atoms with E-state index in [1.54, 1.807) is 0 Å². The first-order chi connectivity index (χ1) is 11.1. The van der Waals surface area contributed by atoms with Gasteiger partial charge in [0.25, 0.3) is 5.91 Å². The Bertz CT molecular complexity index is 600. The number of rotatable bonds is 6. The van der Waals surface area contributed by atoms with Gasteiger partial charge in [0.1, 0.15) is 6.04 Å². The van der Waals surface area contributed by atoms with Crippen LogP contribution in [0.4, 0.5) is 13.2 Å². The van der Waals surface area contributed by atoms with Crippen LogP contribution in [0, 0.1) is 0 Å². The third-order valence-corrected chi connectivity index (χ3v) is 3.00. The van der Waals surface area contributed by atoms with Gasteiger partial charge in [-0.3, -0.25) is 14.4 Å². The first-order valence-corrected chi connectivity index (χ1v) is 7.11. The summed E-state index contributed by atoms with van der Waals surface area (Å²) in [4.78, 5) is 34.1. The summed E-state index contributed by atoms with van der Waals surface area (Å²) in [5.74, 6) is -1.30. The molecular formula is C15H18F3N3O3. The summed E-state index contributed by atoms with van der Waals surface area (Å²) < 4.78 is 37.3. The van der Waals surface area contributed by atoms with E-state index in [-0.39, 0.29) is 24.6 Å². The van der Waals surface area contributed by atoms with Crippen molar-refractivity contribution in [1.82, 2.24) is 16.0 Å². The summed E-state index contributed by atoms with van der Waals surface area (Å²) in [6.45, 7) is 3.01. The number of halogens is 3. The maximum atomic E-state index is 12.4. The van der Waals surface area contributed by atoms with Crippen molar-refractivity contribution in [2.45, 2.75) is 26.1 Å². The van der Waals surface area contributed by atoms with E-state index in [0.717, 1.165) is 24.3 Å². The van der Waals surface area contributed by atoms with Crippen LogP contribution in [-0.2, 0) is 15.8 Å². The zero-order valence-electron chi connectivity index (χ0n) is 13.2. The number of alkyl halides is 3. The maximum absolute atomic E-state index is 12.4. The summed E-state index contributed by atoms with van der Waals surface area (Å²) in [5, 5.41) is 7.38. The second kappa shape index (κ2) is 8.32. The quantitative estimate of drug-likeness (QED) is 0.674. The van der Waals surface area contributed by atoms with Crippen LogP contribution in [0.1, 0.15) is 29.8 Å². The molecule has 0 aromatic heterocycles. The van der Waals surface area contributed by atoms with Crippen molar-refractivity contribution >= 4 is 17.7 Å².